The van der Waals surface area contributed by atoms with E-state index in [-0.39, 0.29) is 48.6 Å². The maximum absolute atomic E-state index is 14.4. The number of pyridine rings is 1. The second-order valence-electron chi connectivity index (χ2n) is 10.3. The van der Waals surface area contributed by atoms with Crippen molar-refractivity contribution < 1.29 is 27.8 Å². The average Bonchev–Trinajstić information content (AvgIpc) is 3.21. The van der Waals surface area contributed by atoms with Crippen LogP contribution in [-0.4, -0.2) is 75.3 Å². The highest BCUT2D eigenvalue weighted by Crippen LogP contribution is 2.36. The first kappa shape index (κ1) is 26.8. The van der Waals surface area contributed by atoms with E-state index in [1.165, 1.54) is 13.1 Å². The summed E-state index contributed by atoms with van der Waals surface area (Å²) in [6, 6.07) is 3.44. The van der Waals surface area contributed by atoms with Gasteiger partial charge >= 0.3 is 0 Å². The minimum Gasteiger partial charge on any atom is -0.474 e. The van der Waals surface area contributed by atoms with Crippen LogP contribution in [0.4, 0.5) is 8.78 Å². The van der Waals surface area contributed by atoms with Gasteiger partial charge in [-0.15, -0.1) is 0 Å². The Hall–Kier alpha value is -2.79. The number of rotatable bonds is 6. The SMILES string of the molecule is CC(=O)NC1CCN(C(=O)c2nn(C[C@H]3C[C@H](Oc4ccc(Cl)cn4)CCO3)c3c2CC(F)(F)CC3)CC1. The number of nitrogens with zero attached hydrogens (tertiary/aromatic N) is 4. The highest BCUT2D eigenvalue weighted by atomic mass is 35.5. The summed E-state index contributed by atoms with van der Waals surface area (Å²) in [5.74, 6) is -2.83. The maximum atomic E-state index is 14.4. The van der Waals surface area contributed by atoms with Gasteiger partial charge in [0.15, 0.2) is 5.69 Å². The molecule has 4 heterocycles. The number of carbonyl (C=O) groups excluding carboxylic acids is 2. The zero-order valence-corrected chi connectivity index (χ0v) is 22.1. The van der Waals surface area contributed by atoms with Crippen LogP contribution in [0.2, 0.25) is 5.02 Å². The number of piperidine rings is 1. The van der Waals surface area contributed by atoms with Gasteiger partial charge < -0.3 is 19.7 Å². The number of amides is 2. The molecule has 2 aromatic heterocycles. The van der Waals surface area contributed by atoms with E-state index in [2.05, 4.69) is 15.4 Å². The fourth-order valence-corrected chi connectivity index (χ4v) is 5.62. The molecule has 2 aromatic rings. The smallest absolute Gasteiger partial charge is 0.274 e. The number of aromatic nitrogens is 3. The maximum Gasteiger partial charge on any atom is 0.274 e. The molecule has 2 saturated heterocycles. The zero-order valence-electron chi connectivity index (χ0n) is 21.3. The molecule has 0 saturated carbocycles. The van der Waals surface area contributed by atoms with E-state index in [0.29, 0.717) is 74.1 Å². The quantitative estimate of drug-likeness (QED) is 0.591. The number of hydrogen-bond donors (Lipinski definition) is 1. The monoisotopic (exact) mass is 551 g/mol. The predicted octanol–water partition coefficient (Wildman–Crippen LogP) is 3.42. The molecule has 0 radical (unpaired) electrons. The van der Waals surface area contributed by atoms with E-state index < -0.39 is 12.3 Å². The molecule has 2 amide bonds. The normalized spacial score (nSPS) is 23.5. The Morgan fingerprint density at radius 1 is 1.26 bits per heavy atom. The van der Waals surface area contributed by atoms with Crippen molar-refractivity contribution in [3.05, 3.63) is 40.3 Å². The van der Waals surface area contributed by atoms with Gasteiger partial charge in [-0.25, -0.2) is 13.8 Å². The van der Waals surface area contributed by atoms with Crippen LogP contribution in [-0.2, 0) is 28.9 Å². The molecule has 5 rings (SSSR count). The molecule has 0 spiro atoms. The van der Waals surface area contributed by atoms with Crippen molar-refractivity contribution in [1.82, 2.24) is 25.0 Å². The van der Waals surface area contributed by atoms with E-state index in [1.54, 1.807) is 21.7 Å². The number of halogens is 3. The Bertz CT molecular complexity index is 1170. The molecule has 3 aliphatic rings. The van der Waals surface area contributed by atoms with Crippen molar-refractivity contribution in [3.63, 3.8) is 0 Å². The van der Waals surface area contributed by atoms with Crippen LogP contribution in [0, 0.1) is 0 Å². The van der Waals surface area contributed by atoms with E-state index >= 15 is 0 Å². The first-order chi connectivity index (χ1) is 18.2. The molecule has 0 aromatic carbocycles. The Kier molecular flexibility index (Phi) is 7.85. The Labute approximate surface area is 224 Å². The van der Waals surface area contributed by atoms with Gasteiger partial charge in [-0.05, 0) is 25.3 Å². The fourth-order valence-electron chi connectivity index (χ4n) is 5.51. The third-order valence-corrected chi connectivity index (χ3v) is 7.63. The molecule has 1 aliphatic carbocycles. The van der Waals surface area contributed by atoms with Gasteiger partial charge in [0.05, 0.1) is 24.3 Å². The van der Waals surface area contributed by atoms with Crippen molar-refractivity contribution in [1.29, 1.82) is 0 Å². The minimum atomic E-state index is -2.87. The standard InChI is InChI=1S/C26H32ClF2N5O4/c1-16(35)31-18-5-9-33(10-6-18)25(36)24-21-13-26(28,29)8-4-22(21)34(32-24)15-20-12-19(7-11-37-20)38-23-3-2-17(27)14-30-23/h2-3,14,18-20H,4-13,15H2,1H3,(H,31,35)/t19-,20-/m1/s1. The zero-order chi connectivity index (χ0) is 26.9. The predicted molar refractivity (Wildman–Crippen MR) is 135 cm³/mol. The van der Waals surface area contributed by atoms with Crippen molar-refractivity contribution >= 4 is 23.4 Å². The van der Waals surface area contributed by atoms with Crippen LogP contribution < -0.4 is 10.1 Å². The van der Waals surface area contributed by atoms with Gasteiger partial charge in [0, 0.05) is 75.3 Å². The van der Waals surface area contributed by atoms with E-state index in [4.69, 9.17) is 21.1 Å². The third-order valence-electron chi connectivity index (χ3n) is 7.40. The summed E-state index contributed by atoms with van der Waals surface area (Å²) in [6.07, 6.45) is 3.04. The van der Waals surface area contributed by atoms with Crippen LogP contribution in [0.1, 0.15) is 60.8 Å². The number of fused-ring (bicyclic) bond motifs is 1. The Balaban J connectivity index is 1.30. The number of hydrogen-bond acceptors (Lipinski definition) is 6. The lowest BCUT2D eigenvalue weighted by Gasteiger charge is -2.32. The molecule has 0 unspecified atom stereocenters. The van der Waals surface area contributed by atoms with Crippen LogP contribution in [0.25, 0.3) is 0 Å². The third kappa shape index (κ3) is 6.26. The van der Waals surface area contributed by atoms with Gasteiger partial charge in [0.25, 0.3) is 11.8 Å². The van der Waals surface area contributed by atoms with Crippen molar-refractivity contribution in [2.75, 3.05) is 19.7 Å². The fraction of sp³-hybridized carbons (Fsp3) is 0.615. The summed E-state index contributed by atoms with van der Waals surface area (Å²) in [4.78, 5) is 30.6. The van der Waals surface area contributed by atoms with Crippen molar-refractivity contribution in [3.8, 4) is 5.88 Å². The molecular formula is C26H32ClF2N5O4. The molecule has 2 atom stereocenters. The molecule has 0 bridgehead atoms. The second-order valence-corrected chi connectivity index (χ2v) is 10.8. The molecule has 2 fully saturated rings. The highest BCUT2D eigenvalue weighted by Gasteiger charge is 2.41. The molecular weight excluding hydrogens is 520 g/mol. The topological polar surface area (TPSA) is 98.6 Å². The summed E-state index contributed by atoms with van der Waals surface area (Å²) in [7, 11) is 0. The molecule has 1 N–H and O–H groups in total. The summed E-state index contributed by atoms with van der Waals surface area (Å²) in [6.45, 7) is 3.17. The highest BCUT2D eigenvalue weighted by molar-refractivity contribution is 6.30. The van der Waals surface area contributed by atoms with Gasteiger partial charge in [0.2, 0.25) is 11.8 Å². The van der Waals surface area contributed by atoms with E-state index in [9.17, 15) is 18.4 Å². The number of nitrogens with one attached hydrogen (secondary N) is 1. The van der Waals surface area contributed by atoms with Gasteiger partial charge in [-0.1, -0.05) is 11.6 Å². The first-order valence-corrected chi connectivity index (χ1v) is 13.5. The van der Waals surface area contributed by atoms with E-state index in [0.717, 1.165) is 0 Å². The largest absolute Gasteiger partial charge is 0.474 e. The first-order valence-electron chi connectivity index (χ1n) is 13.1. The lowest BCUT2D eigenvalue weighted by atomic mass is 9.91. The number of ether oxygens (including phenoxy) is 2. The number of likely N-dealkylation sites (tertiary alicyclic amines) is 1. The summed E-state index contributed by atoms with van der Waals surface area (Å²) in [5.41, 5.74) is 1.12. The van der Waals surface area contributed by atoms with Gasteiger partial charge in [0.1, 0.15) is 6.10 Å². The Morgan fingerprint density at radius 3 is 2.76 bits per heavy atom. The molecule has 206 valence electrons. The van der Waals surface area contributed by atoms with Gasteiger partial charge in [-0.2, -0.15) is 5.10 Å². The molecule has 12 heteroatoms. The summed E-state index contributed by atoms with van der Waals surface area (Å²) >= 11 is 5.90. The van der Waals surface area contributed by atoms with E-state index in [1.807, 2.05) is 0 Å². The summed E-state index contributed by atoms with van der Waals surface area (Å²) in [5, 5.41) is 8.00. The molecule has 9 nitrogen and oxygen atoms in total. The van der Waals surface area contributed by atoms with Crippen molar-refractivity contribution in [2.24, 2.45) is 0 Å². The molecule has 38 heavy (non-hydrogen) atoms. The van der Waals surface area contributed by atoms with Gasteiger partial charge in [-0.3, -0.25) is 14.3 Å². The number of alkyl halides is 2. The minimum absolute atomic E-state index is 0.00837. The summed E-state index contributed by atoms with van der Waals surface area (Å²) < 4.78 is 42.5. The number of carbonyl (C=O) groups is 2. The Morgan fingerprint density at radius 2 is 2.05 bits per heavy atom. The van der Waals surface area contributed by atoms with Crippen LogP contribution >= 0.6 is 11.6 Å². The van der Waals surface area contributed by atoms with Crippen LogP contribution in [0.3, 0.4) is 0 Å². The average molecular weight is 552 g/mol. The van der Waals surface area contributed by atoms with Crippen LogP contribution in [0.15, 0.2) is 18.3 Å². The second kappa shape index (κ2) is 11.1. The van der Waals surface area contributed by atoms with Crippen LogP contribution in [0.5, 0.6) is 5.88 Å². The lowest BCUT2D eigenvalue weighted by Crippen LogP contribution is -2.46. The van der Waals surface area contributed by atoms with Crippen molar-refractivity contribution in [2.45, 2.75) is 82.6 Å². The lowest BCUT2D eigenvalue weighted by molar-refractivity contribution is -0.119. The molecule has 2 aliphatic heterocycles.